The van der Waals surface area contributed by atoms with E-state index in [1.165, 1.54) is 0 Å². The lowest BCUT2D eigenvalue weighted by Gasteiger charge is -2.32. The van der Waals surface area contributed by atoms with Gasteiger partial charge >= 0.3 is 0 Å². The van der Waals surface area contributed by atoms with Crippen molar-refractivity contribution in [2.45, 2.75) is 32.7 Å². The minimum absolute atomic E-state index is 0.0673. The molecule has 2 atom stereocenters. The van der Waals surface area contributed by atoms with Crippen LogP contribution in [0.25, 0.3) is 0 Å². The Bertz CT molecular complexity index is 428. The van der Waals surface area contributed by atoms with Gasteiger partial charge in [0.1, 0.15) is 11.5 Å². The molecule has 4 nitrogen and oxygen atoms in total. The predicted molar refractivity (Wildman–Crippen MR) is 63.4 cm³/mol. The van der Waals surface area contributed by atoms with E-state index in [-0.39, 0.29) is 11.9 Å². The number of hydrogen-bond donors (Lipinski definition) is 1. The third kappa shape index (κ3) is 1.98. The van der Waals surface area contributed by atoms with E-state index in [4.69, 9.17) is 14.2 Å². The Kier molecular flexibility index (Phi) is 3.26. The van der Waals surface area contributed by atoms with E-state index in [1.54, 1.807) is 20.3 Å². The van der Waals surface area contributed by atoms with Gasteiger partial charge < -0.3 is 19.3 Å². The molecule has 0 radical (unpaired) electrons. The van der Waals surface area contributed by atoms with E-state index in [0.717, 1.165) is 23.1 Å². The van der Waals surface area contributed by atoms with Crippen LogP contribution in [0.5, 0.6) is 11.5 Å². The molecular formula is C13H18O4. The van der Waals surface area contributed by atoms with Gasteiger partial charge in [0.15, 0.2) is 6.29 Å². The first-order valence-electron chi connectivity index (χ1n) is 5.66. The summed E-state index contributed by atoms with van der Waals surface area (Å²) in [6.45, 7) is 3.89. The lowest BCUT2D eigenvalue weighted by molar-refractivity contribution is -0.164. The topological polar surface area (TPSA) is 47.9 Å². The average molecular weight is 238 g/mol. The van der Waals surface area contributed by atoms with Crippen molar-refractivity contribution in [1.29, 1.82) is 0 Å². The van der Waals surface area contributed by atoms with Crippen molar-refractivity contribution in [3.8, 4) is 11.5 Å². The Labute approximate surface area is 101 Å². The lowest BCUT2D eigenvalue weighted by atomic mass is 9.92. The van der Waals surface area contributed by atoms with Crippen molar-refractivity contribution in [3.05, 3.63) is 22.8 Å². The number of hydrogen-bond acceptors (Lipinski definition) is 4. The zero-order chi connectivity index (χ0) is 12.6. The highest BCUT2D eigenvalue weighted by Gasteiger charge is 2.30. The number of phenols is 1. The molecule has 1 aliphatic rings. The molecule has 0 aromatic heterocycles. The second kappa shape index (κ2) is 4.55. The minimum atomic E-state index is -0.428. The number of rotatable bonds is 2. The Hall–Kier alpha value is -1.26. The second-order valence-corrected chi connectivity index (χ2v) is 4.33. The van der Waals surface area contributed by atoms with E-state index in [2.05, 4.69) is 0 Å². The van der Waals surface area contributed by atoms with Crippen LogP contribution < -0.4 is 4.74 Å². The summed E-state index contributed by atoms with van der Waals surface area (Å²) in [5, 5.41) is 9.87. The first-order valence-corrected chi connectivity index (χ1v) is 5.66. The highest BCUT2D eigenvalue weighted by Crippen LogP contribution is 2.42. The van der Waals surface area contributed by atoms with Crippen LogP contribution in [0, 0.1) is 6.92 Å². The largest absolute Gasteiger partial charge is 0.508 e. The van der Waals surface area contributed by atoms with Gasteiger partial charge in [-0.25, -0.2) is 0 Å². The van der Waals surface area contributed by atoms with Gasteiger partial charge in [0.05, 0.1) is 18.8 Å². The number of aromatic hydroxyl groups is 1. The molecule has 0 saturated heterocycles. The summed E-state index contributed by atoms with van der Waals surface area (Å²) in [6.07, 6.45) is 0.395. The van der Waals surface area contributed by atoms with Gasteiger partial charge in [-0.1, -0.05) is 0 Å². The van der Waals surface area contributed by atoms with Crippen molar-refractivity contribution in [2.24, 2.45) is 0 Å². The molecule has 0 spiro atoms. The van der Waals surface area contributed by atoms with Crippen LogP contribution in [0.4, 0.5) is 0 Å². The van der Waals surface area contributed by atoms with Crippen molar-refractivity contribution in [2.75, 3.05) is 14.2 Å². The van der Waals surface area contributed by atoms with Gasteiger partial charge in [-0.3, -0.25) is 0 Å². The lowest BCUT2D eigenvalue weighted by Crippen LogP contribution is -2.26. The molecule has 1 aromatic carbocycles. The first-order chi connectivity index (χ1) is 8.08. The molecular weight excluding hydrogens is 220 g/mol. The summed E-state index contributed by atoms with van der Waals surface area (Å²) in [5.41, 5.74) is 2.83. The third-order valence-corrected chi connectivity index (χ3v) is 3.21. The molecule has 94 valence electrons. The summed E-state index contributed by atoms with van der Waals surface area (Å²) < 4.78 is 16.4. The van der Waals surface area contributed by atoms with Crippen LogP contribution in [0.2, 0.25) is 0 Å². The van der Waals surface area contributed by atoms with Gasteiger partial charge in [-0.2, -0.15) is 0 Å². The molecule has 1 aliphatic heterocycles. The maximum atomic E-state index is 9.87. The number of phenolic OH excluding ortho intramolecular Hbond substituents is 1. The smallest absolute Gasteiger partial charge is 0.187 e. The van der Waals surface area contributed by atoms with Gasteiger partial charge in [0.25, 0.3) is 0 Å². The van der Waals surface area contributed by atoms with Crippen LogP contribution in [-0.4, -0.2) is 25.4 Å². The quantitative estimate of drug-likeness (QED) is 0.859. The SMILES string of the molecule is COc1cc(O)c(C)c2c1[C@@H](OC)O[C@@H](C)C2. The zero-order valence-electron chi connectivity index (χ0n) is 10.6. The van der Waals surface area contributed by atoms with Gasteiger partial charge in [-0.15, -0.1) is 0 Å². The molecule has 2 rings (SSSR count). The van der Waals surface area contributed by atoms with Crippen LogP contribution in [-0.2, 0) is 15.9 Å². The number of ether oxygens (including phenoxy) is 3. The third-order valence-electron chi connectivity index (χ3n) is 3.21. The van der Waals surface area contributed by atoms with Crippen LogP contribution in [0.1, 0.15) is 29.9 Å². The molecule has 0 saturated carbocycles. The predicted octanol–water partition coefficient (Wildman–Crippen LogP) is 2.32. The average Bonchev–Trinajstić information content (AvgIpc) is 2.32. The van der Waals surface area contributed by atoms with E-state index < -0.39 is 6.29 Å². The summed E-state index contributed by atoms with van der Waals surface area (Å²) in [7, 11) is 3.18. The van der Waals surface area contributed by atoms with Gasteiger partial charge in [0, 0.05) is 13.2 Å². The Morgan fingerprint density at radius 1 is 1.41 bits per heavy atom. The number of fused-ring (bicyclic) bond motifs is 1. The van der Waals surface area contributed by atoms with Gasteiger partial charge in [0.2, 0.25) is 0 Å². The molecule has 1 N–H and O–H groups in total. The Morgan fingerprint density at radius 3 is 2.71 bits per heavy atom. The van der Waals surface area contributed by atoms with E-state index in [1.807, 2.05) is 13.8 Å². The number of benzene rings is 1. The zero-order valence-corrected chi connectivity index (χ0v) is 10.6. The Balaban J connectivity index is 2.62. The summed E-state index contributed by atoms with van der Waals surface area (Å²) in [4.78, 5) is 0. The Morgan fingerprint density at radius 2 is 2.12 bits per heavy atom. The molecule has 0 fully saturated rings. The van der Waals surface area contributed by atoms with Crippen molar-refractivity contribution >= 4 is 0 Å². The number of methoxy groups -OCH3 is 2. The standard InChI is InChI=1S/C13H18O4/c1-7-5-9-8(2)10(14)6-11(15-3)12(9)13(16-4)17-7/h6-7,13-14H,5H2,1-4H3/t7-,13-/m0/s1. The van der Waals surface area contributed by atoms with E-state index in [0.29, 0.717) is 5.75 Å². The fourth-order valence-corrected chi connectivity index (χ4v) is 2.29. The molecule has 0 aliphatic carbocycles. The van der Waals surface area contributed by atoms with Crippen LogP contribution in [0.3, 0.4) is 0 Å². The van der Waals surface area contributed by atoms with Crippen molar-refractivity contribution in [3.63, 3.8) is 0 Å². The van der Waals surface area contributed by atoms with Gasteiger partial charge in [-0.05, 0) is 31.4 Å². The summed E-state index contributed by atoms with van der Waals surface area (Å²) >= 11 is 0. The molecule has 4 heteroatoms. The molecule has 0 amide bonds. The van der Waals surface area contributed by atoms with E-state index in [9.17, 15) is 5.11 Å². The van der Waals surface area contributed by atoms with Crippen molar-refractivity contribution < 1.29 is 19.3 Å². The molecule has 1 heterocycles. The molecule has 17 heavy (non-hydrogen) atoms. The molecule has 0 bridgehead atoms. The fourth-order valence-electron chi connectivity index (χ4n) is 2.29. The fraction of sp³-hybridized carbons (Fsp3) is 0.538. The van der Waals surface area contributed by atoms with E-state index >= 15 is 0 Å². The van der Waals surface area contributed by atoms with Crippen LogP contribution in [0.15, 0.2) is 6.07 Å². The first kappa shape index (κ1) is 12.2. The normalized spacial score (nSPS) is 23.3. The monoisotopic (exact) mass is 238 g/mol. The summed E-state index contributed by atoms with van der Waals surface area (Å²) in [5.74, 6) is 0.867. The summed E-state index contributed by atoms with van der Waals surface area (Å²) in [6, 6.07) is 1.61. The maximum Gasteiger partial charge on any atom is 0.187 e. The highest BCUT2D eigenvalue weighted by atomic mass is 16.7. The molecule has 1 aromatic rings. The van der Waals surface area contributed by atoms with Crippen LogP contribution >= 0.6 is 0 Å². The maximum absolute atomic E-state index is 9.87. The minimum Gasteiger partial charge on any atom is -0.508 e. The molecule has 0 unspecified atom stereocenters. The second-order valence-electron chi connectivity index (χ2n) is 4.33. The highest BCUT2D eigenvalue weighted by molar-refractivity contribution is 5.53. The van der Waals surface area contributed by atoms with Crippen molar-refractivity contribution in [1.82, 2.24) is 0 Å².